The molecule has 2 nitrogen and oxygen atoms in total. The van der Waals surface area contributed by atoms with Crippen molar-refractivity contribution >= 4 is 0 Å². The molecule has 0 spiro atoms. The Kier molecular flexibility index (Phi) is 4.17. The van der Waals surface area contributed by atoms with Crippen molar-refractivity contribution in [2.45, 2.75) is 18.9 Å². The van der Waals surface area contributed by atoms with Gasteiger partial charge in [-0.2, -0.15) is 0 Å². The molecule has 2 unspecified atom stereocenters. The van der Waals surface area contributed by atoms with Gasteiger partial charge in [-0.15, -0.1) is 0 Å². The molecule has 2 aromatic carbocycles. The quantitative estimate of drug-likeness (QED) is 0.909. The van der Waals surface area contributed by atoms with Gasteiger partial charge >= 0.3 is 0 Å². The molecule has 2 atom stereocenters. The highest BCUT2D eigenvalue weighted by Crippen LogP contribution is 2.31. The summed E-state index contributed by atoms with van der Waals surface area (Å²) in [5.74, 6) is 0.222. The maximum atomic E-state index is 14.0. The molecule has 0 saturated carbocycles. The highest BCUT2D eigenvalue weighted by Gasteiger charge is 2.20. The molecular formula is C16H18FNO. The van der Waals surface area contributed by atoms with Crippen molar-refractivity contribution in [1.29, 1.82) is 0 Å². The fraction of sp³-hybridized carbons (Fsp3) is 0.250. The standard InChI is InChI=1S/C16H18FNO/c1-11(12-6-4-3-5-7-12)16(18)14-9-8-13(19-2)10-15(14)17/h3-11,16H,18H2,1-2H3. The Hall–Kier alpha value is -1.87. The summed E-state index contributed by atoms with van der Waals surface area (Å²) in [6.45, 7) is 2.00. The zero-order valence-electron chi connectivity index (χ0n) is 11.1. The molecule has 0 amide bonds. The largest absolute Gasteiger partial charge is 0.497 e. The molecule has 2 N–H and O–H groups in total. The molecule has 0 saturated heterocycles. The van der Waals surface area contributed by atoms with Gasteiger partial charge < -0.3 is 10.5 Å². The predicted molar refractivity (Wildman–Crippen MR) is 74.7 cm³/mol. The number of halogens is 1. The van der Waals surface area contributed by atoms with E-state index < -0.39 is 0 Å². The van der Waals surface area contributed by atoms with Gasteiger partial charge in [-0.1, -0.05) is 43.3 Å². The van der Waals surface area contributed by atoms with Crippen LogP contribution in [0.15, 0.2) is 48.5 Å². The van der Waals surface area contributed by atoms with Crippen molar-refractivity contribution in [2.75, 3.05) is 7.11 Å². The van der Waals surface area contributed by atoms with Crippen molar-refractivity contribution in [3.8, 4) is 5.75 Å². The first-order valence-corrected chi connectivity index (χ1v) is 6.27. The Labute approximate surface area is 113 Å². The monoisotopic (exact) mass is 259 g/mol. The third kappa shape index (κ3) is 2.93. The maximum Gasteiger partial charge on any atom is 0.131 e. The van der Waals surface area contributed by atoms with Gasteiger partial charge in [0.15, 0.2) is 0 Å². The summed E-state index contributed by atoms with van der Waals surface area (Å²) in [4.78, 5) is 0. The fourth-order valence-electron chi connectivity index (χ4n) is 2.14. The summed E-state index contributed by atoms with van der Waals surface area (Å²) in [5.41, 5.74) is 7.80. The summed E-state index contributed by atoms with van der Waals surface area (Å²) in [5, 5.41) is 0. The lowest BCUT2D eigenvalue weighted by Crippen LogP contribution is -2.19. The van der Waals surface area contributed by atoms with Crippen LogP contribution in [0.25, 0.3) is 0 Å². The highest BCUT2D eigenvalue weighted by atomic mass is 19.1. The fourth-order valence-corrected chi connectivity index (χ4v) is 2.14. The third-order valence-electron chi connectivity index (χ3n) is 3.43. The van der Waals surface area contributed by atoms with Crippen LogP contribution in [-0.4, -0.2) is 7.11 Å². The molecule has 100 valence electrons. The van der Waals surface area contributed by atoms with Crippen LogP contribution in [0, 0.1) is 5.82 Å². The first-order valence-electron chi connectivity index (χ1n) is 6.27. The second kappa shape index (κ2) is 5.85. The molecule has 0 radical (unpaired) electrons. The lowest BCUT2D eigenvalue weighted by molar-refractivity contribution is 0.409. The van der Waals surface area contributed by atoms with E-state index in [1.807, 2.05) is 37.3 Å². The van der Waals surface area contributed by atoms with Crippen molar-refractivity contribution in [1.82, 2.24) is 0 Å². The van der Waals surface area contributed by atoms with Crippen LogP contribution in [0.4, 0.5) is 4.39 Å². The molecule has 0 fully saturated rings. The molecule has 0 aromatic heterocycles. The van der Waals surface area contributed by atoms with Gasteiger partial charge in [0.05, 0.1) is 7.11 Å². The van der Waals surface area contributed by atoms with E-state index in [2.05, 4.69) is 0 Å². The molecule has 2 aromatic rings. The summed E-state index contributed by atoms with van der Waals surface area (Å²) in [6.07, 6.45) is 0. The number of rotatable bonds is 4. The van der Waals surface area contributed by atoms with E-state index in [9.17, 15) is 4.39 Å². The Morgan fingerprint density at radius 2 is 1.79 bits per heavy atom. The molecule has 0 aliphatic heterocycles. The molecule has 2 rings (SSSR count). The van der Waals surface area contributed by atoms with Crippen LogP contribution in [0.5, 0.6) is 5.75 Å². The molecular weight excluding hydrogens is 241 g/mol. The summed E-state index contributed by atoms with van der Waals surface area (Å²) in [6, 6.07) is 14.3. The average molecular weight is 259 g/mol. The van der Waals surface area contributed by atoms with Crippen molar-refractivity contribution in [2.24, 2.45) is 5.73 Å². The zero-order chi connectivity index (χ0) is 13.8. The van der Waals surface area contributed by atoms with Crippen LogP contribution in [0.3, 0.4) is 0 Å². The Morgan fingerprint density at radius 1 is 1.11 bits per heavy atom. The summed E-state index contributed by atoms with van der Waals surface area (Å²) >= 11 is 0. The Balaban J connectivity index is 2.26. The lowest BCUT2D eigenvalue weighted by atomic mass is 9.89. The van der Waals surface area contributed by atoms with Crippen LogP contribution in [0.1, 0.15) is 30.0 Å². The van der Waals surface area contributed by atoms with Gasteiger partial charge in [-0.3, -0.25) is 0 Å². The van der Waals surface area contributed by atoms with E-state index in [0.29, 0.717) is 11.3 Å². The smallest absolute Gasteiger partial charge is 0.131 e. The minimum atomic E-state index is -0.381. The first-order chi connectivity index (χ1) is 9.13. The van der Waals surface area contributed by atoms with Gasteiger partial charge in [-0.25, -0.2) is 4.39 Å². The minimum Gasteiger partial charge on any atom is -0.497 e. The number of hydrogen-bond donors (Lipinski definition) is 1. The van der Waals surface area contributed by atoms with Gasteiger partial charge in [-0.05, 0) is 11.6 Å². The number of ether oxygens (including phenoxy) is 1. The van der Waals surface area contributed by atoms with Gasteiger partial charge in [0.25, 0.3) is 0 Å². The molecule has 19 heavy (non-hydrogen) atoms. The second-order valence-electron chi connectivity index (χ2n) is 4.61. The normalized spacial score (nSPS) is 13.9. The first kappa shape index (κ1) is 13.6. The van der Waals surface area contributed by atoms with Crippen LogP contribution < -0.4 is 10.5 Å². The van der Waals surface area contributed by atoms with Crippen molar-refractivity contribution < 1.29 is 9.13 Å². The van der Waals surface area contributed by atoms with E-state index in [1.165, 1.54) is 13.2 Å². The number of nitrogens with two attached hydrogens (primary N) is 1. The van der Waals surface area contributed by atoms with Gasteiger partial charge in [0.1, 0.15) is 11.6 Å². The van der Waals surface area contributed by atoms with E-state index >= 15 is 0 Å². The number of benzene rings is 2. The predicted octanol–water partition coefficient (Wildman–Crippen LogP) is 3.64. The van der Waals surface area contributed by atoms with E-state index in [0.717, 1.165) is 5.56 Å². The summed E-state index contributed by atoms with van der Waals surface area (Å²) < 4.78 is 19.0. The van der Waals surface area contributed by atoms with E-state index in [4.69, 9.17) is 10.5 Å². The molecule has 0 bridgehead atoms. The number of hydrogen-bond acceptors (Lipinski definition) is 2. The topological polar surface area (TPSA) is 35.2 Å². The van der Waals surface area contributed by atoms with Gasteiger partial charge in [0, 0.05) is 23.6 Å². The highest BCUT2D eigenvalue weighted by molar-refractivity contribution is 5.33. The molecule has 0 aliphatic rings. The van der Waals surface area contributed by atoms with Crippen molar-refractivity contribution in [3.05, 3.63) is 65.5 Å². The Bertz CT molecular complexity index is 542. The minimum absolute atomic E-state index is 0.0455. The van der Waals surface area contributed by atoms with Crippen LogP contribution in [0.2, 0.25) is 0 Å². The van der Waals surface area contributed by atoms with Crippen LogP contribution >= 0.6 is 0 Å². The SMILES string of the molecule is COc1ccc(C(N)C(C)c2ccccc2)c(F)c1. The summed E-state index contributed by atoms with van der Waals surface area (Å²) in [7, 11) is 1.51. The molecule has 0 heterocycles. The second-order valence-corrected chi connectivity index (χ2v) is 4.61. The van der Waals surface area contributed by atoms with Gasteiger partial charge in [0.2, 0.25) is 0 Å². The average Bonchev–Trinajstić information content (AvgIpc) is 2.46. The Morgan fingerprint density at radius 3 is 2.37 bits per heavy atom. The molecule has 0 aliphatic carbocycles. The third-order valence-corrected chi connectivity index (χ3v) is 3.43. The maximum absolute atomic E-state index is 14.0. The van der Waals surface area contributed by atoms with Crippen LogP contribution in [-0.2, 0) is 0 Å². The number of methoxy groups -OCH3 is 1. The van der Waals surface area contributed by atoms with E-state index in [-0.39, 0.29) is 17.8 Å². The molecule has 3 heteroatoms. The lowest BCUT2D eigenvalue weighted by Gasteiger charge is -2.21. The van der Waals surface area contributed by atoms with Crippen molar-refractivity contribution in [3.63, 3.8) is 0 Å². The van der Waals surface area contributed by atoms with E-state index in [1.54, 1.807) is 12.1 Å². The zero-order valence-corrected chi connectivity index (χ0v) is 11.1.